The van der Waals surface area contributed by atoms with Crippen molar-refractivity contribution in [1.29, 1.82) is 0 Å². The molecular formula is C11H16O4. The van der Waals surface area contributed by atoms with Gasteiger partial charge in [0.25, 0.3) is 0 Å². The Labute approximate surface area is 88.9 Å². The van der Waals surface area contributed by atoms with Crippen LogP contribution >= 0.6 is 0 Å². The van der Waals surface area contributed by atoms with E-state index in [4.69, 9.17) is 9.47 Å². The van der Waals surface area contributed by atoms with Gasteiger partial charge in [0.2, 0.25) is 0 Å². The highest BCUT2D eigenvalue weighted by atomic mass is 16.7. The fourth-order valence-electron chi connectivity index (χ4n) is 2.06. The van der Waals surface area contributed by atoms with Gasteiger partial charge in [-0.3, -0.25) is 4.79 Å². The molecule has 0 aromatic carbocycles. The van der Waals surface area contributed by atoms with Crippen LogP contribution in [-0.4, -0.2) is 36.0 Å². The van der Waals surface area contributed by atoms with Gasteiger partial charge < -0.3 is 14.6 Å². The minimum atomic E-state index is -1.03. The minimum absolute atomic E-state index is 0.105. The van der Waals surface area contributed by atoms with Gasteiger partial charge in [0.15, 0.2) is 11.6 Å². The fourth-order valence-corrected chi connectivity index (χ4v) is 2.06. The summed E-state index contributed by atoms with van der Waals surface area (Å²) < 4.78 is 11.2. The van der Waals surface area contributed by atoms with Crippen LogP contribution in [0.25, 0.3) is 0 Å². The molecule has 1 fully saturated rings. The van der Waals surface area contributed by atoms with Crippen LogP contribution in [0.5, 0.6) is 0 Å². The standard InChI is InChI=1S/C11H16O4/c1-10(2)4-3-8(12)9(13)7-11(10)14-5-6-15-11/h3-4,8,12H,5-7H2,1-2H3/t8-/m0/s1. The number of carbonyl (C=O) groups is 1. The van der Waals surface area contributed by atoms with E-state index in [-0.39, 0.29) is 12.2 Å². The van der Waals surface area contributed by atoms with E-state index in [1.807, 2.05) is 13.8 Å². The van der Waals surface area contributed by atoms with E-state index < -0.39 is 17.3 Å². The van der Waals surface area contributed by atoms with E-state index in [1.54, 1.807) is 6.08 Å². The number of Topliss-reactive ketones (excluding diaryl/α,β-unsaturated/α-hetero) is 1. The quantitative estimate of drug-likeness (QED) is 0.599. The van der Waals surface area contributed by atoms with E-state index >= 15 is 0 Å². The summed E-state index contributed by atoms with van der Waals surface area (Å²) in [7, 11) is 0. The van der Waals surface area contributed by atoms with Gasteiger partial charge >= 0.3 is 0 Å². The van der Waals surface area contributed by atoms with Gasteiger partial charge in [0.05, 0.1) is 19.6 Å². The van der Waals surface area contributed by atoms with Crippen LogP contribution < -0.4 is 0 Å². The molecule has 1 heterocycles. The highest BCUT2D eigenvalue weighted by Crippen LogP contribution is 2.43. The number of ether oxygens (including phenoxy) is 2. The molecule has 0 saturated carbocycles. The SMILES string of the molecule is CC1(C)C=C[C@H](O)C(=O)CC12OCCO2. The predicted molar refractivity (Wildman–Crippen MR) is 53.2 cm³/mol. The molecule has 1 aliphatic heterocycles. The summed E-state index contributed by atoms with van der Waals surface area (Å²) in [5, 5.41) is 9.49. The third kappa shape index (κ3) is 1.62. The molecule has 1 aliphatic carbocycles. The minimum Gasteiger partial charge on any atom is -0.381 e. The second-order valence-corrected chi connectivity index (χ2v) is 4.62. The number of carbonyl (C=O) groups excluding carboxylic acids is 1. The van der Waals surface area contributed by atoms with Crippen molar-refractivity contribution in [3.05, 3.63) is 12.2 Å². The van der Waals surface area contributed by atoms with E-state index in [0.29, 0.717) is 13.2 Å². The lowest BCUT2D eigenvalue weighted by Gasteiger charge is -2.38. The Hall–Kier alpha value is -0.710. The number of ketones is 1. The number of aliphatic hydroxyl groups is 1. The lowest BCUT2D eigenvalue weighted by atomic mass is 9.81. The van der Waals surface area contributed by atoms with Crippen molar-refractivity contribution < 1.29 is 19.4 Å². The van der Waals surface area contributed by atoms with Crippen LogP contribution in [0.3, 0.4) is 0 Å². The van der Waals surface area contributed by atoms with Crippen LogP contribution in [0.1, 0.15) is 20.3 Å². The lowest BCUT2D eigenvalue weighted by Crippen LogP contribution is -2.46. The molecule has 0 unspecified atom stereocenters. The van der Waals surface area contributed by atoms with Crippen LogP contribution in [0, 0.1) is 5.41 Å². The second kappa shape index (κ2) is 3.40. The van der Waals surface area contributed by atoms with Crippen molar-refractivity contribution in [2.24, 2.45) is 5.41 Å². The van der Waals surface area contributed by atoms with Crippen molar-refractivity contribution >= 4 is 5.78 Å². The Morgan fingerprint density at radius 2 is 2.00 bits per heavy atom. The molecule has 0 bridgehead atoms. The number of hydrogen-bond donors (Lipinski definition) is 1. The summed E-state index contributed by atoms with van der Waals surface area (Å²) >= 11 is 0. The highest BCUT2D eigenvalue weighted by Gasteiger charge is 2.52. The van der Waals surface area contributed by atoms with Gasteiger partial charge in [-0.2, -0.15) is 0 Å². The van der Waals surface area contributed by atoms with E-state index in [9.17, 15) is 9.90 Å². The van der Waals surface area contributed by atoms with Gasteiger partial charge in [-0.05, 0) is 0 Å². The molecule has 1 spiro atoms. The van der Waals surface area contributed by atoms with Gasteiger partial charge in [-0.1, -0.05) is 26.0 Å². The molecule has 0 aromatic heterocycles. The molecule has 84 valence electrons. The fraction of sp³-hybridized carbons (Fsp3) is 0.727. The van der Waals surface area contributed by atoms with Gasteiger partial charge in [0.1, 0.15) is 6.10 Å². The van der Waals surface area contributed by atoms with Gasteiger partial charge in [0, 0.05) is 5.41 Å². The molecule has 0 amide bonds. The predicted octanol–water partition coefficient (Wildman–Crippen LogP) is 0.646. The Morgan fingerprint density at radius 3 is 2.60 bits per heavy atom. The molecule has 2 aliphatic rings. The van der Waals surface area contributed by atoms with Crippen molar-refractivity contribution in [2.75, 3.05) is 13.2 Å². The molecule has 0 aromatic rings. The summed E-state index contributed by atoms with van der Waals surface area (Å²) in [5.41, 5.74) is -0.406. The zero-order valence-corrected chi connectivity index (χ0v) is 9.03. The number of aliphatic hydroxyl groups excluding tert-OH is 1. The Kier molecular flexibility index (Phi) is 2.45. The summed E-state index contributed by atoms with van der Waals surface area (Å²) in [5.74, 6) is -1.14. The summed E-state index contributed by atoms with van der Waals surface area (Å²) in [6.07, 6.45) is 2.39. The third-order valence-corrected chi connectivity index (χ3v) is 3.17. The molecule has 1 N–H and O–H groups in total. The van der Waals surface area contributed by atoms with E-state index in [2.05, 4.69) is 0 Å². The highest BCUT2D eigenvalue weighted by molar-refractivity contribution is 5.86. The van der Waals surface area contributed by atoms with Crippen LogP contribution in [-0.2, 0) is 14.3 Å². The van der Waals surface area contributed by atoms with Gasteiger partial charge in [-0.25, -0.2) is 0 Å². The molecule has 1 saturated heterocycles. The Balaban J connectivity index is 2.36. The molecule has 4 heteroatoms. The molecule has 15 heavy (non-hydrogen) atoms. The molecule has 1 atom stereocenters. The third-order valence-electron chi connectivity index (χ3n) is 3.17. The zero-order chi connectivity index (χ0) is 11.1. The average molecular weight is 212 g/mol. The van der Waals surface area contributed by atoms with Gasteiger partial charge in [-0.15, -0.1) is 0 Å². The maximum atomic E-state index is 11.6. The monoisotopic (exact) mass is 212 g/mol. The largest absolute Gasteiger partial charge is 0.381 e. The Morgan fingerprint density at radius 1 is 1.40 bits per heavy atom. The first-order chi connectivity index (χ1) is 6.97. The first-order valence-electron chi connectivity index (χ1n) is 5.15. The lowest BCUT2D eigenvalue weighted by molar-refractivity contribution is -0.215. The average Bonchev–Trinajstić information content (AvgIpc) is 2.61. The first-order valence-corrected chi connectivity index (χ1v) is 5.15. The maximum Gasteiger partial charge on any atom is 0.184 e. The molecular weight excluding hydrogens is 196 g/mol. The van der Waals surface area contributed by atoms with Crippen molar-refractivity contribution in [3.63, 3.8) is 0 Å². The zero-order valence-electron chi connectivity index (χ0n) is 9.03. The van der Waals surface area contributed by atoms with E-state index in [1.165, 1.54) is 6.08 Å². The molecule has 2 rings (SSSR count). The smallest absolute Gasteiger partial charge is 0.184 e. The van der Waals surface area contributed by atoms with Crippen molar-refractivity contribution in [3.8, 4) is 0 Å². The van der Waals surface area contributed by atoms with Crippen molar-refractivity contribution in [2.45, 2.75) is 32.2 Å². The van der Waals surface area contributed by atoms with Crippen LogP contribution in [0.15, 0.2) is 12.2 Å². The van der Waals surface area contributed by atoms with Crippen LogP contribution in [0.2, 0.25) is 0 Å². The summed E-state index contributed by atoms with van der Waals surface area (Å²) in [4.78, 5) is 11.6. The summed E-state index contributed by atoms with van der Waals surface area (Å²) in [6, 6.07) is 0. The number of rotatable bonds is 0. The topological polar surface area (TPSA) is 55.8 Å². The first kappa shape index (κ1) is 10.8. The maximum absolute atomic E-state index is 11.6. The van der Waals surface area contributed by atoms with E-state index in [0.717, 1.165) is 0 Å². The van der Waals surface area contributed by atoms with Crippen LogP contribution in [0.4, 0.5) is 0 Å². The Bertz CT molecular complexity index is 300. The second-order valence-electron chi connectivity index (χ2n) is 4.62. The summed E-state index contributed by atoms with van der Waals surface area (Å²) in [6.45, 7) is 4.89. The molecule has 4 nitrogen and oxygen atoms in total. The molecule has 0 radical (unpaired) electrons. The van der Waals surface area contributed by atoms with Crippen molar-refractivity contribution in [1.82, 2.24) is 0 Å². The normalized spacial score (nSPS) is 33.3. The number of hydrogen-bond acceptors (Lipinski definition) is 4.